The van der Waals surface area contributed by atoms with Crippen molar-refractivity contribution in [1.82, 2.24) is 0 Å². The number of thioether (sulfide) groups is 1. The van der Waals surface area contributed by atoms with E-state index >= 15 is 0 Å². The zero-order chi connectivity index (χ0) is 16.1. The summed E-state index contributed by atoms with van der Waals surface area (Å²) in [4.78, 5) is 12.4. The van der Waals surface area contributed by atoms with Gasteiger partial charge in [0.15, 0.2) is 0 Å². The standard InChI is InChI=1S/C16H17NO4S/c1-21-11-4-7-13(15(18)8-11)14(16(19)20)9-22-12-5-2-10(17)3-6-12/h2-8,14,18H,9,17H2,1H3,(H,19,20). The molecule has 0 aliphatic rings. The first kappa shape index (κ1) is 16.0. The highest BCUT2D eigenvalue weighted by Gasteiger charge is 2.23. The molecule has 1 unspecified atom stereocenters. The average molecular weight is 319 g/mol. The molecule has 0 spiro atoms. The number of aromatic hydroxyl groups is 1. The van der Waals surface area contributed by atoms with Gasteiger partial charge in [0.25, 0.3) is 0 Å². The molecule has 22 heavy (non-hydrogen) atoms. The van der Waals surface area contributed by atoms with Crippen LogP contribution in [0.3, 0.4) is 0 Å². The summed E-state index contributed by atoms with van der Waals surface area (Å²) in [6.45, 7) is 0. The van der Waals surface area contributed by atoms with Gasteiger partial charge in [-0.3, -0.25) is 4.79 Å². The number of carboxylic acids is 1. The first-order valence-electron chi connectivity index (χ1n) is 6.59. The van der Waals surface area contributed by atoms with Crippen LogP contribution in [-0.4, -0.2) is 29.0 Å². The fourth-order valence-electron chi connectivity index (χ4n) is 1.98. The molecule has 1 atom stereocenters. The summed E-state index contributed by atoms with van der Waals surface area (Å²) in [6, 6.07) is 11.8. The van der Waals surface area contributed by atoms with Crippen LogP contribution in [-0.2, 0) is 4.79 Å². The van der Waals surface area contributed by atoms with Crippen molar-refractivity contribution in [3.63, 3.8) is 0 Å². The second kappa shape index (κ2) is 7.09. The number of phenolic OH excluding ortho intramolecular Hbond substituents is 1. The van der Waals surface area contributed by atoms with E-state index in [4.69, 9.17) is 10.5 Å². The summed E-state index contributed by atoms with van der Waals surface area (Å²) in [5, 5.41) is 19.4. The lowest BCUT2D eigenvalue weighted by Crippen LogP contribution is -2.14. The third-order valence-electron chi connectivity index (χ3n) is 3.21. The van der Waals surface area contributed by atoms with E-state index in [9.17, 15) is 15.0 Å². The number of hydrogen-bond donors (Lipinski definition) is 3. The summed E-state index contributed by atoms with van der Waals surface area (Å²) < 4.78 is 5.01. The molecule has 5 nitrogen and oxygen atoms in total. The van der Waals surface area contributed by atoms with Crippen LogP contribution in [0.2, 0.25) is 0 Å². The van der Waals surface area contributed by atoms with Crippen LogP contribution < -0.4 is 10.5 Å². The highest BCUT2D eigenvalue weighted by Crippen LogP contribution is 2.33. The molecular formula is C16H17NO4S. The second-order valence-electron chi connectivity index (χ2n) is 4.70. The molecule has 0 aliphatic heterocycles. The smallest absolute Gasteiger partial charge is 0.311 e. The lowest BCUT2D eigenvalue weighted by Gasteiger charge is -2.15. The number of hydrogen-bond acceptors (Lipinski definition) is 5. The minimum atomic E-state index is -0.983. The Morgan fingerprint density at radius 1 is 1.27 bits per heavy atom. The van der Waals surface area contributed by atoms with Crippen molar-refractivity contribution in [2.24, 2.45) is 0 Å². The lowest BCUT2D eigenvalue weighted by molar-refractivity contribution is -0.138. The molecule has 0 bridgehead atoms. The van der Waals surface area contributed by atoms with Gasteiger partial charge in [-0.05, 0) is 30.3 Å². The van der Waals surface area contributed by atoms with Crippen molar-refractivity contribution in [1.29, 1.82) is 0 Å². The molecule has 0 aliphatic carbocycles. The first-order valence-corrected chi connectivity index (χ1v) is 7.58. The van der Waals surface area contributed by atoms with Crippen molar-refractivity contribution in [2.45, 2.75) is 10.8 Å². The number of carboxylic acid groups (broad SMARTS) is 1. The van der Waals surface area contributed by atoms with E-state index < -0.39 is 11.9 Å². The Bertz CT molecular complexity index is 658. The topological polar surface area (TPSA) is 92.8 Å². The Morgan fingerprint density at radius 2 is 1.95 bits per heavy atom. The van der Waals surface area contributed by atoms with Gasteiger partial charge in [-0.1, -0.05) is 6.07 Å². The van der Waals surface area contributed by atoms with Crippen LogP contribution in [0.4, 0.5) is 5.69 Å². The SMILES string of the molecule is COc1ccc(C(CSc2ccc(N)cc2)C(=O)O)c(O)c1. The second-order valence-corrected chi connectivity index (χ2v) is 5.79. The van der Waals surface area contributed by atoms with E-state index in [0.717, 1.165) is 4.90 Å². The Morgan fingerprint density at radius 3 is 2.50 bits per heavy atom. The summed E-state index contributed by atoms with van der Waals surface area (Å²) in [5.41, 5.74) is 6.65. The summed E-state index contributed by atoms with van der Waals surface area (Å²) in [6.07, 6.45) is 0. The van der Waals surface area contributed by atoms with Gasteiger partial charge in [-0.15, -0.1) is 11.8 Å². The number of methoxy groups -OCH3 is 1. The van der Waals surface area contributed by atoms with Gasteiger partial charge < -0.3 is 20.7 Å². The molecule has 2 aromatic carbocycles. The highest BCUT2D eigenvalue weighted by molar-refractivity contribution is 7.99. The molecule has 116 valence electrons. The van der Waals surface area contributed by atoms with Crippen molar-refractivity contribution < 1.29 is 19.7 Å². The van der Waals surface area contributed by atoms with Crippen LogP contribution in [0.15, 0.2) is 47.4 Å². The fraction of sp³-hybridized carbons (Fsp3) is 0.188. The molecule has 6 heteroatoms. The number of carbonyl (C=O) groups is 1. The molecule has 0 heterocycles. The molecule has 0 fully saturated rings. The van der Waals surface area contributed by atoms with E-state index in [0.29, 0.717) is 22.8 Å². The van der Waals surface area contributed by atoms with Crippen molar-refractivity contribution in [3.8, 4) is 11.5 Å². The van der Waals surface area contributed by atoms with Gasteiger partial charge in [0.2, 0.25) is 0 Å². The average Bonchev–Trinajstić information content (AvgIpc) is 2.50. The van der Waals surface area contributed by atoms with Crippen LogP contribution in [0.25, 0.3) is 0 Å². The van der Waals surface area contributed by atoms with Gasteiger partial charge in [0.05, 0.1) is 13.0 Å². The van der Waals surface area contributed by atoms with Gasteiger partial charge in [-0.2, -0.15) is 0 Å². The summed E-state index contributed by atoms with van der Waals surface area (Å²) in [5.74, 6) is -1.09. The predicted molar refractivity (Wildman–Crippen MR) is 86.6 cm³/mol. The minimum absolute atomic E-state index is 0.0790. The van der Waals surface area contributed by atoms with Crippen molar-refractivity contribution >= 4 is 23.4 Å². The molecule has 0 saturated carbocycles. The first-order chi connectivity index (χ1) is 10.5. The number of aliphatic carboxylic acids is 1. The number of rotatable bonds is 6. The van der Waals surface area contributed by atoms with E-state index in [1.54, 1.807) is 24.3 Å². The molecular weight excluding hydrogens is 302 g/mol. The quantitative estimate of drug-likeness (QED) is 0.560. The Kier molecular flexibility index (Phi) is 5.16. The third kappa shape index (κ3) is 3.85. The van der Waals surface area contributed by atoms with Crippen LogP contribution in [0.5, 0.6) is 11.5 Å². The van der Waals surface area contributed by atoms with E-state index in [2.05, 4.69) is 0 Å². The van der Waals surface area contributed by atoms with Gasteiger partial charge in [-0.25, -0.2) is 0 Å². The number of nitrogens with two attached hydrogens (primary N) is 1. The molecule has 0 aromatic heterocycles. The normalized spacial score (nSPS) is 11.9. The molecule has 0 saturated heterocycles. The maximum atomic E-state index is 11.5. The van der Waals surface area contributed by atoms with Crippen LogP contribution >= 0.6 is 11.8 Å². The van der Waals surface area contributed by atoms with Crippen LogP contribution in [0, 0.1) is 0 Å². The minimum Gasteiger partial charge on any atom is -0.508 e. The molecule has 2 aromatic rings. The number of benzene rings is 2. The van der Waals surface area contributed by atoms with E-state index in [-0.39, 0.29) is 5.75 Å². The van der Waals surface area contributed by atoms with Gasteiger partial charge in [0, 0.05) is 28.0 Å². The van der Waals surface area contributed by atoms with Crippen molar-refractivity contribution in [3.05, 3.63) is 48.0 Å². The largest absolute Gasteiger partial charge is 0.508 e. The van der Waals surface area contributed by atoms with Gasteiger partial charge in [0.1, 0.15) is 11.5 Å². The van der Waals surface area contributed by atoms with E-state index in [1.165, 1.54) is 24.9 Å². The predicted octanol–water partition coefficient (Wildman–Crippen LogP) is 2.94. The highest BCUT2D eigenvalue weighted by atomic mass is 32.2. The van der Waals surface area contributed by atoms with Gasteiger partial charge >= 0.3 is 5.97 Å². The summed E-state index contributed by atoms with van der Waals surface area (Å²) >= 11 is 1.40. The maximum Gasteiger partial charge on any atom is 0.311 e. The Hall–Kier alpha value is -2.34. The fourth-order valence-corrected chi connectivity index (χ4v) is 2.99. The zero-order valence-corrected chi connectivity index (χ0v) is 12.8. The summed E-state index contributed by atoms with van der Waals surface area (Å²) in [7, 11) is 1.49. The zero-order valence-electron chi connectivity index (χ0n) is 12.0. The third-order valence-corrected chi connectivity index (χ3v) is 4.31. The Balaban J connectivity index is 2.16. The number of anilines is 1. The number of ether oxygens (including phenoxy) is 1. The number of nitrogen functional groups attached to an aromatic ring is 1. The molecule has 0 radical (unpaired) electrons. The molecule has 2 rings (SSSR count). The van der Waals surface area contributed by atoms with Crippen molar-refractivity contribution in [2.75, 3.05) is 18.6 Å². The molecule has 4 N–H and O–H groups in total. The lowest BCUT2D eigenvalue weighted by atomic mass is 10.00. The van der Waals surface area contributed by atoms with E-state index in [1.807, 2.05) is 12.1 Å². The monoisotopic (exact) mass is 319 g/mol. The maximum absolute atomic E-state index is 11.5. The van der Waals surface area contributed by atoms with Crippen LogP contribution in [0.1, 0.15) is 11.5 Å². The molecule has 0 amide bonds. The number of phenols is 1. The Labute approximate surface area is 132 Å².